The molecule has 11 heteroatoms. The Kier molecular flexibility index (Phi) is 3.93. The normalized spacial score (nSPS) is 30.6. The van der Waals surface area contributed by atoms with Gasteiger partial charge in [-0.3, -0.25) is 9.36 Å². The molecule has 4 heterocycles. The molecule has 25 heavy (non-hydrogen) atoms. The molecule has 1 amide bonds. The number of ether oxygens (including phenoxy) is 2. The second-order valence-corrected chi connectivity index (χ2v) is 8.19. The molecule has 2 aliphatic rings. The second-order valence-electron chi connectivity index (χ2n) is 6.25. The number of fused-ring (bicyclic) bond motifs is 2. The Morgan fingerprint density at radius 3 is 2.88 bits per heavy atom. The Balaban J connectivity index is 1.94. The highest BCUT2D eigenvalue weighted by molar-refractivity contribution is 8.01. The Labute approximate surface area is 157 Å². The Morgan fingerprint density at radius 2 is 2.16 bits per heavy atom. The third-order valence-corrected chi connectivity index (χ3v) is 6.26. The van der Waals surface area contributed by atoms with Gasteiger partial charge >= 0.3 is 0 Å². The highest BCUT2D eigenvalue weighted by Crippen LogP contribution is 2.52. The Hall–Kier alpha value is -1.13. The monoisotopic (exact) mass is 403 g/mol. The molecule has 4 rings (SSSR count). The highest BCUT2D eigenvalue weighted by atomic mass is 35.5. The van der Waals surface area contributed by atoms with Crippen molar-refractivity contribution in [1.82, 2.24) is 24.8 Å². The van der Waals surface area contributed by atoms with E-state index in [9.17, 15) is 4.79 Å². The first-order valence-electron chi connectivity index (χ1n) is 7.57. The zero-order valence-electron chi connectivity index (χ0n) is 13.6. The van der Waals surface area contributed by atoms with Crippen molar-refractivity contribution in [2.75, 3.05) is 12.8 Å². The summed E-state index contributed by atoms with van der Waals surface area (Å²) in [6.45, 7) is 3.65. The molecule has 2 aromatic rings. The molecule has 0 aromatic carbocycles. The predicted octanol–water partition coefficient (Wildman–Crippen LogP) is 1.80. The summed E-state index contributed by atoms with van der Waals surface area (Å²) in [5.74, 6) is -0.430. The van der Waals surface area contributed by atoms with E-state index in [0.717, 1.165) is 0 Å². The van der Waals surface area contributed by atoms with Crippen LogP contribution in [0.1, 0.15) is 13.8 Å². The van der Waals surface area contributed by atoms with Gasteiger partial charge in [0.05, 0.1) is 6.33 Å². The third-order valence-electron chi connectivity index (χ3n) is 4.27. The van der Waals surface area contributed by atoms with Crippen LogP contribution in [0.15, 0.2) is 6.33 Å². The highest BCUT2D eigenvalue weighted by Gasteiger charge is 2.63. The molecular weight excluding hydrogens is 389 g/mol. The van der Waals surface area contributed by atoms with Crippen LogP contribution in [-0.4, -0.2) is 56.2 Å². The number of halogens is 2. The average Bonchev–Trinajstić information content (AvgIpc) is 3.17. The van der Waals surface area contributed by atoms with Crippen LogP contribution in [0.25, 0.3) is 11.2 Å². The quantitative estimate of drug-likeness (QED) is 0.603. The van der Waals surface area contributed by atoms with Crippen LogP contribution in [0.4, 0.5) is 0 Å². The first-order valence-corrected chi connectivity index (χ1v) is 9.31. The second kappa shape index (κ2) is 5.68. The van der Waals surface area contributed by atoms with E-state index in [1.807, 2.05) is 13.8 Å². The standard InChI is InChI=1S/C14H15Cl2N5O3S/c1-13(2)23-6-4-25-14(8(6)24-13,11(22)17-3)21-5-18-7-9(15)19-12(16)20-10(7)21/h5-6,8H,4H2,1-3H3,(H,17,22). The number of carbonyl (C=O) groups is 1. The minimum Gasteiger partial charge on any atom is -0.356 e. The van der Waals surface area contributed by atoms with Crippen molar-refractivity contribution in [1.29, 1.82) is 0 Å². The summed E-state index contributed by atoms with van der Waals surface area (Å²) >= 11 is 13.5. The number of imidazole rings is 1. The summed E-state index contributed by atoms with van der Waals surface area (Å²) in [5, 5.41) is 2.83. The number of likely N-dealkylation sites (N-methyl/N-ethyl adjacent to an activating group) is 1. The summed E-state index contributed by atoms with van der Waals surface area (Å²) < 4.78 is 13.7. The fourth-order valence-electron chi connectivity index (χ4n) is 3.35. The molecule has 1 N–H and O–H groups in total. The van der Waals surface area contributed by atoms with Gasteiger partial charge in [0.15, 0.2) is 16.6 Å². The van der Waals surface area contributed by atoms with Gasteiger partial charge in [-0.25, -0.2) is 9.97 Å². The largest absolute Gasteiger partial charge is 0.356 e. The van der Waals surface area contributed by atoms with Crippen molar-refractivity contribution in [3.8, 4) is 0 Å². The van der Waals surface area contributed by atoms with Crippen LogP contribution in [0.3, 0.4) is 0 Å². The maximum atomic E-state index is 13.0. The molecule has 3 unspecified atom stereocenters. The minimum absolute atomic E-state index is 0.0187. The van der Waals surface area contributed by atoms with Crippen molar-refractivity contribution >= 4 is 52.0 Å². The first-order chi connectivity index (χ1) is 11.8. The molecule has 2 aromatic heterocycles. The maximum Gasteiger partial charge on any atom is 0.259 e. The minimum atomic E-state index is -1.14. The SMILES string of the molecule is CNC(=O)C1(n2cnc3c(Cl)nc(Cl)nc32)SCC2OC(C)(C)OC21. The zero-order valence-corrected chi connectivity index (χ0v) is 15.9. The number of amides is 1. The van der Waals surface area contributed by atoms with Gasteiger partial charge in [-0.15, -0.1) is 11.8 Å². The molecule has 3 atom stereocenters. The number of hydrogen-bond donors (Lipinski definition) is 1. The van der Waals surface area contributed by atoms with Crippen molar-refractivity contribution in [3.05, 3.63) is 16.8 Å². The summed E-state index contributed by atoms with van der Waals surface area (Å²) in [6, 6.07) is 0. The molecule has 0 bridgehead atoms. The number of carbonyl (C=O) groups excluding carboxylic acids is 1. The molecule has 134 valence electrons. The molecular formula is C14H15Cl2N5O3S. The van der Waals surface area contributed by atoms with Crippen molar-refractivity contribution in [3.63, 3.8) is 0 Å². The Morgan fingerprint density at radius 1 is 1.40 bits per heavy atom. The number of nitrogens with zero attached hydrogens (tertiary/aromatic N) is 4. The van der Waals surface area contributed by atoms with Gasteiger partial charge in [-0.1, -0.05) is 11.6 Å². The lowest BCUT2D eigenvalue weighted by Gasteiger charge is -2.33. The average molecular weight is 404 g/mol. The predicted molar refractivity (Wildman–Crippen MR) is 93.7 cm³/mol. The lowest BCUT2D eigenvalue weighted by Crippen LogP contribution is -2.53. The summed E-state index contributed by atoms with van der Waals surface area (Å²) in [7, 11) is 1.58. The maximum absolute atomic E-state index is 13.0. The Bertz CT molecular complexity index is 876. The molecule has 2 fully saturated rings. The number of hydrogen-bond acceptors (Lipinski definition) is 7. The zero-order chi connectivity index (χ0) is 18.0. The molecule has 2 aliphatic heterocycles. The van der Waals surface area contributed by atoms with E-state index in [1.165, 1.54) is 18.1 Å². The fourth-order valence-corrected chi connectivity index (χ4v) is 5.31. The summed E-state index contributed by atoms with van der Waals surface area (Å²) in [4.78, 5) is 24.2. The van der Waals surface area contributed by atoms with Crippen molar-refractivity contribution in [2.24, 2.45) is 0 Å². The number of rotatable bonds is 2. The number of thioether (sulfide) groups is 1. The smallest absolute Gasteiger partial charge is 0.259 e. The van der Waals surface area contributed by atoms with Crippen LogP contribution in [0.5, 0.6) is 0 Å². The fraction of sp³-hybridized carbons (Fsp3) is 0.571. The first kappa shape index (κ1) is 17.3. The molecule has 2 saturated heterocycles. The van der Waals surface area contributed by atoms with Gasteiger partial charge in [-0.05, 0) is 25.4 Å². The van der Waals surface area contributed by atoms with Gasteiger partial charge in [0.25, 0.3) is 5.91 Å². The van der Waals surface area contributed by atoms with Gasteiger partial charge in [0, 0.05) is 12.8 Å². The van der Waals surface area contributed by atoms with Crippen LogP contribution in [0, 0.1) is 0 Å². The molecule has 0 aliphatic carbocycles. The molecule has 8 nitrogen and oxygen atoms in total. The van der Waals surface area contributed by atoms with Crippen LogP contribution >= 0.6 is 35.0 Å². The van der Waals surface area contributed by atoms with Crippen LogP contribution in [-0.2, 0) is 19.1 Å². The molecule has 0 saturated carbocycles. The number of nitrogens with one attached hydrogen (secondary N) is 1. The van der Waals surface area contributed by atoms with Crippen molar-refractivity contribution < 1.29 is 14.3 Å². The van der Waals surface area contributed by atoms with E-state index < -0.39 is 16.8 Å². The van der Waals surface area contributed by atoms with Gasteiger partial charge in [0.1, 0.15) is 17.7 Å². The molecule has 0 spiro atoms. The summed E-state index contributed by atoms with van der Waals surface area (Å²) in [5.41, 5.74) is 0.742. The summed E-state index contributed by atoms with van der Waals surface area (Å²) in [6.07, 6.45) is 0.765. The van der Waals surface area contributed by atoms with E-state index in [-0.39, 0.29) is 22.4 Å². The van der Waals surface area contributed by atoms with E-state index in [4.69, 9.17) is 32.7 Å². The van der Waals surface area contributed by atoms with Crippen LogP contribution in [0.2, 0.25) is 10.4 Å². The lowest BCUT2D eigenvalue weighted by atomic mass is 10.1. The van der Waals surface area contributed by atoms with E-state index in [2.05, 4.69) is 20.3 Å². The van der Waals surface area contributed by atoms with Crippen LogP contribution < -0.4 is 5.32 Å². The topological polar surface area (TPSA) is 91.2 Å². The van der Waals surface area contributed by atoms with E-state index in [1.54, 1.807) is 11.6 Å². The van der Waals surface area contributed by atoms with E-state index in [0.29, 0.717) is 16.9 Å². The third kappa shape index (κ3) is 2.44. The van der Waals surface area contributed by atoms with E-state index >= 15 is 0 Å². The van der Waals surface area contributed by atoms with Crippen molar-refractivity contribution in [2.45, 2.75) is 36.7 Å². The van der Waals surface area contributed by atoms with Gasteiger partial charge in [0.2, 0.25) is 10.2 Å². The van der Waals surface area contributed by atoms with Gasteiger partial charge < -0.3 is 14.8 Å². The van der Waals surface area contributed by atoms with Gasteiger partial charge in [-0.2, -0.15) is 4.98 Å². The lowest BCUT2D eigenvalue weighted by molar-refractivity contribution is -0.155. The number of aromatic nitrogens is 4. The molecule has 0 radical (unpaired) electrons.